The Morgan fingerprint density at radius 2 is 2.06 bits per heavy atom. The molecule has 1 heterocycles. The smallest absolute Gasteiger partial charge is 0.0708 e. The van der Waals surface area contributed by atoms with Crippen LogP contribution in [0.5, 0.6) is 0 Å². The highest BCUT2D eigenvalue weighted by Crippen LogP contribution is 2.28. The van der Waals surface area contributed by atoms with E-state index in [1.807, 2.05) is 18.2 Å². The normalized spacial score (nSPS) is 13.8. The van der Waals surface area contributed by atoms with Crippen molar-refractivity contribution in [2.45, 2.75) is 26.2 Å². The van der Waals surface area contributed by atoms with Crippen molar-refractivity contribution >= 4 is 11.6 Å². The van der Waals surface area contributed by atoms with Crippen LogP contribution in [-0.4, -0.2) is 4.98 Å². The zero-order valence-electron chi connectivity index (χ0n) is 9.83. The summed E-state index contributed by atoms with van der Waals surface area (Å²) in [5.74, 6) is 0. The fourth-order valence-corrected chi connectivity index (χ4v) is 2.73. The van der Waals surface area contributed by atoms with Crippen LogP contribution in [0.2, 0.25) is 5.02 Å². The number of nitrogens with zero attached hydrogens (tertiary/aromatic N) is 1. The summed E-state index contributed by atoms with van der Waals surface area (Å²) >= 11 is 6.02. The van der Waals surface area contributed by atoms with Gasteiger partial charge in [0, 0.05) is 16.3 Å². The number of fused-ring (bicyclic) bond motifs is 1. The molecule has 1 aromatic carbocycles. The molecule has 0 atom stereocenters. The van der Waals surface area contributed by atoms with Gasteiger partial charge < -0.3 is 0 Å². The van der Waals surface area contributed by atoms with Crippen molar-refractivity contribution in [2.24, 2.45) is 0 Å². The maximum Gasteiger partial charge on any atom is 0.0708 e. The van der Waals surface area contributed by atoms with Crippen LogP contribution in [0.3, 0.4) is 0 Å². The van der Waals surface area contributed by atoms with E-state index in [-0.39, 0.29) is 0 Å². The molecule has 0 aliphatic heterocycles. The van der Waals surface area contributed by atoms with Crippen LogP contribution in [0.4, 0.5) is 0 Å². The zero-order valence-corrected chi connectivity index (χ0v) is 10.6. The summed E-state index contributed by atoms with van der Waals surface area (Å²) in [6, 6.07) is 10.1. The lowest BCUT2D eigenvalue weighted by molar-refractivity contribution is 0.899. The van der Waals surface area contributed by atoms with Crippen LogP contribution in [0, 0.1) is 6.92 Å². The number of pyridine rings is 1. The molecule has 17 heavy (non-hydrogen) atoms. The van der Waals surface area contributed by atoms with Gasteiger partial charge in [0.25, 0.3) is 0 Å². The lowest BCUT2D eigenvalue weighted by atomic mass is 10.0. The lowest BCUT2D eigenvalue weighted by Gasteiger charge is -2.08. The average Bonchev–Trinajstić information content (AvgIpc) is 2.77. The number of halogens is 1. The Kier molecular flexibility index (Phi) is 2.64. The Balaban J connectivity index is 2.13. The summed E-state index contributed by atoms with van der Waals surface area (Å²) in [7, 11) is 0. The van der Waals surface area contributed by atoms with E-state index < -0.39 is 0 Å². The van der Waals surface area contributed by atoms with Gasteiger partial charge in [-0.25, -0.2) is 0 Å². The molecule has 0 bridgehead atoms. The molecule has 0 N–H and O–H groups in total. The van der Waals surface area contributed by atoms with Crippen molar-refractivity contribution in [3.63, 3.8) is 0 Å². The standard InChI is InChI=1S/C15H14ClN/c1-10-8-15(11-4-2-5-12(16)9-11)17-14-7-3-6-13(10)14/h2,4-5,8-9H,3,6-7H2,1H3. The van der Waals surface area contributed by atoms with Crippen molar-refractivity contribution in [1.82, 2.24) is 4.98 Å². The van der Waals surface area contributed by atoms with Gasteiger partial charge in [0.2, 0.25) is 0 Å². The third-order valence-electron chi connectivity index (χ3n) is 3.39. The molecule has 86 valence electrons. The minimum Gasteiger partial charge on any atom is -0.253 e. The first-order valence-electron chi connectivity index (χ1n) is 5.99. The van der Waals surface area contributed by atoms with Gasteiger partial charge in [-0.2, -0.15) is 0 Å². The van der Waals surface area contributed by atoms with Crippen LogP contribution < -0.4 is 0 Å². The molecule has 2 aromatic rings. The molecule has 0 saturated heterocycles. The highest BCUT2D eigenvalue weighted by molar-refractivity contribution is 6.30. The van der Waals surface area contributed by atoms with Gasteiger partial charge in [0.05, 0.1) is 5.69 Å². The first-order valence-corrected chi connectivity index (χ1v) is 6.37. The van der Waals surface area contributed by atoms with Crippen molar-refractivity contribution in [2.75, 3.05) is 0 Å². The van der Waals surface area contributed by atoms with Gasteiger partial charge in [-0.3, -0.25) is 4.98 Å². The van der Waals surface area contributed by atoms with Crippen LogP contribution in [0.15, 0.2) is 30.3 Å². The van der Waals surface area contributed by atoms with Crippen LogP contribution in [0.25, 0.3) is 11.3 Å². The van der Waals surface area contributed by atoms with Crippen molar-refractivity contribution in [1.29, 1.82) is 0 Å². The quantitative estimate of drug-likeness (QED) is 0.732. The van der Waals surface area contributed by atoms with Crippen LogP contribution in [0.1, 0.15) is 23.2 Å². The van der Waals surface area contributed by atoms with E-state index in [1.54, 1.807) is 0 Å². The van der Waals surface area contributed by atoms with Gasteiger partial charge >= 0.3 is 0 Å². The third-order valence-corrected chi connectivity index (χ3v) is 3.63. The Morgan fingerprint density at radius 1 is 1.18 bits per heavy atom. The fraction of sp³-hybridized carbons (Fsp3) is 0.267. The second kappa shape index (κ2) is 4.15. The molecule has 0 amide bonds. The van der Waals surface area contributed by atoms with E-state index >= 15 is 0 Å². The zero-order chi connectivity index (χ0) is 11.8. The number of benzene rings is 1. The van der Waals surface area contributed by atoms with Gasteiger partial charge in [0.15, 0.2) is 0 Å². The molecular formula is C15H14ClN. The lowest BCUT2D eigenvalue weighted by Crippen LogP contribution is -1.95. The minimum absolute atomic E-state index is 0.766. The molecule has 3 rings (SSSR count). The summed E-state index contributed by atoms with van der Waals surface area (Å²) < 4.78 is 0. The number of aromatic nitrogens is 1. The third kappa shape index (κ3) is 1.96. The Bertz CT molecular complexity index is 575. The van der Waals surface area contributed by atoms with Crippen LogP contribution >= 0.6 is 11.6 Å². The van der Waals surface area contributed by atoms with E-state index in [9.17, 15) is 0 Å². The number of hydrogen-bond acceptors (Lipinski definition) is 1. The maximum atomic E-state index is 6.02. The first-order chi connectivity index (χ1) is 8.24. The Morgan fingerprint density at radius 3 is 2.88 bits per heavy atom. The average molecular weight is 244 g/mol. The topological polar surface area (TPSA) is 12.9 Å². The van der Waals surface area contributed by atoms with E-state index in [0.717, 1.165) is 22.7 Å². The predicted molar refractivity (Wildman–Crippen MR) is 71.4 cm³/mol. The molecule has 0 radical (unpaired) electrons. The van der Waals surface area contributed by atoms with Gasteiger partial charge in [0.1, 0.15) is 0 Å². The number of hydrogen-bond donors (Lipinski definition) is 0. The van der Waals surface area contributed by atoms with Crippen LogP contribution in [-0.2, 0) is 12.8 Å². The number of rotatable bonds is 1. The monoisotopic (exact) mass is 243 g/mol. The molecule has 1 nitrogen and oxygen atoms in total. The van der Waals surface area contributed by atoms with E-state index in [0.29, 0.717) is 0 Å². The van der Waals surface area contributed by atoms with Gasteiger partial charge in [-0.05, 0) is 55.5 Å². The molecule has 2 heteroatoms. The predicted octanol–water partition coefficient (Wildman–Crippen LogP) is 4.20. The van der Waals surface area contributed by atoms with E-state index in [4.69, 9.17) is 16.6 Å². The molecule has 1 aliphatic carbocycles. The highest BCUT2D eigenvalue weighted by atomic mass is 35.5. The number of aryl methyl sites for hydroxylation is 2. The highest BCUT2D eigenvalue weighted by Gasteiger charge is 2.16. The summed E-state index contributed by atoms with van der Waals surface area (Å²) in [5, 5.41) is 0.766. The second-order valence-electron chi connectivity index (χ2n) is 4.61. The molecule has 1 aliphatic rings. The second-order valence-corrected chi connectivity index (χ2v) is 5.05. The summed E-state index contributed by atoms with van der Waals surface area (Å²) in [6.45, 7) is 2.18. The SMILES string of the molecule is Cc1cc(-c2cccc(Cl)c2)nc2c1CCC2. The molecule has 0 fully saturated rings. The van der Waals surface area contributed by atoms with E-state index in [1.165, 1.54) is 29.7 Å². The van der Waals surface area contributed by atoms with Gasteiger partial charge in [-0.15, -0.1) is 0 Å². The fourth-order valence-electron chi connectivity index (χ4n) is 2.54. The molecule has 0 saturated carbocycles. The summed E-state index contributed by atoms with van der Waals surface area (Å²) in [6.07, 6.45) is 3.54. The summed E-state index contributed by atoms with van der Waals surface area (Å²) in [5.41, 5.74) is 6.25. The van der Waals surface area contributed by atoms with Crippen molar-refractivity contribution in [3.8, 4) is 11.3 Å². The van der Waals surface area contributed by atoms with Crippen molar-refractivity contribution < 1.29 is 0 Å². The summed E-state index contributed by atoms with van der Waals surface area (Å²) in [4.78, 5) is 4.77. The Hall–Kier alpha value is -1.34. The largest absolute Gasteiger partial charge is 0.253 e. The van der Waals surface area contributed by atoms with Gasteiger partial charge in [-0.1, -0.05) is 23.7 Å². The van der Waals surface area contributed by atoms with Crippen molar-refractivity contribution in [3.05, 3.63) is 52.2 Å². The molecule has 0 unspecified atom stereocenters. The van der Waals surface area contributed by atoms with E-state index in [2.05, 4.69) is 19.1 Å². The molecular weight excluding hydrogens is 230 g/mol. The maximum absolute atomic E-state index is 6.02. The minimum atomic E-state index is 0.766. The molecule has 0 spiro atoms. The first kappa shape index (κ1) is 10.8. The Labute approximate surface area is 106 Å². The molecule has 1 aromatic heterocycles.